The Morgan fingerprint density at radius 1 is 1.16 bits per heavy atom. The number of hydrogen-bond donors (Lipinski definition) is 2. The van der Waals surface area contributed by atoms with E-state index in [2.05, 4.69) is 20.2 Å². The zero-order chi connectivity index (χ0) is 22.0. The number of benzene rings is 2. The van der Waals surface area contributed by atoms with E-state index in [0.29, 0.717) is 46.6 Å². The van der Waals surface area contributed by atoms with Gasteiger partial charge in [0.1, 0.15) is 11.6 Å². The quantitative estimate of drug-likeness (QED) is 0.433. The number of aromatic nitrogens is 4. The first-order valence-corrected chi connectivity index (χ1v) is 9.89. The van der Waals surface area contributed by atoms with E-state index in [0.717, 1.165) is 12.1 Å². The lowest BCUT2D eigenvalue weighted by atomic mass is 10.1. The van der Waals surface area contributed by atoms with Crippen LogP contribution in [0.25, 0.3) is 22.3 Å². The molecule has 10 heteroatoms. The van der Waals surface area contributed by atoms with Gasteiger partial charge in [-0.1, -0.05) is 29.8 Å². The van der Waals surface area contributed by atoms with Gasteiger partial charge in [0.05, 0.1) is 17.7 Å². The molecule has 2 aromatic carbocycles. The predicted molar refractivity (Wildman–Crippen MR) is 114 cm³/mol. The van der Waals surface area contributed by atoms with Crippen LogP contribution in [0.5, 0.6) is 11.8 Å². The number of fused-ring (bicyclic) bond motifs is 1. The summed E-state index contributed by atoms with van der Waals surface area (Å²) in [4.78, 5) is 10.5. The van der Waals surface area contributed by atoms with E-state index < -0.39 is 11.6 Å². The fourth-order valence-corrected chi connectivity index (χ4v) is 3.44. The Bertz CT molecular complexity index is 1230. The molecule has 160 valence electrons. The molecule has 0 amide bonds. The molecule has 2 N–H and O–H groups in total. The third-order valence-corrected chi connectivity index (χ3v) is 4.99. The van der Waals surface area contributed by atoms with Crippen LogP contribution in [0.2, 0.25) is 5.02 Å². The van der Waals surface area contributed by atoms with Crippen LogP contribution in [0.4, 0.5) is 14.6 Å². The maximum Gasteiger partial charge on any atom is 0.326 e. The SMILES string of the molecule is CCN(CCO)c1nc(Oc2ccc(F)cc2F)nc2n[nH]c(-c3ccccc3Cl)c12. The number of aromatic amines is 1. The second-order valence-electron chi connectivity index (χ2n) is 6.59. The van der Waals surface area contributed by atoms with Crippen molar-refractivity contribution in [2.45, 2.75) is 6.92 Å². The third kappa shape index (κ3) is 4.14. The van der Waals surface area contributed by atoms with Crippen LogP contribution >= 0.6 is 11.6 Å². The average molecular weight is 446 g/mol. The van der Waals surface area contributed by atoms with E-state index in [-0.39, 0.29) is 24.0 Å². The molecule has 0 atom stereocenters. The molecule has 0 bridgehead atoms. The summed E-state index contributed by atoms with van der Waals surface area (Å²) in [7, 11) is 0. The number of nitrogens with one attached hydrogen (secondary N) is 1. The molecule has 31 heavy (non-hydrogen) atoms. The van der Waals surface area contributed by atoms with Gasteiger partial charge < -0.3 is 14.7 Å². The standard InChI is InChI=1S/C21H18ClF2N5O2/c1-2-29(9-10-30)20-17-18(13-5-3-4-6-14(13)22)27-28-19(17)25-21(26-20)31-16-8-7-12(23)11-15(16)24/h3-8,11,30H,2,9-10H2,1H3,(H,25,26,27,28). The largest absolute Gasteiger partial charge is 0.421 e. The van der Waals surface area contributed by atoms with Gasteiger partial charge in [0.2, 0.25) is 0 Å². The molecule has 0 radical (unpaired) electrons. The van der Waals surface area contributed by atoms with Crippen LogP contribution in [0.15, 0.2) is 42.5 Å². The number of aliphatic hydroxyl groups excluding tert-OH is 1. The fraction of sp³-hybridized carbons (Fsp3) is 0.190. The zero-order valence-electron chi connectivity index (χ0n) is 16.4. The molecule has 4 aromatic rings. The highest BCUT2D eigenvalue weighted by molar-refractivity contribution is 6.33. The second-order valence-corrected chi connectivity index (χ2v) is 6.99. The van der Waals surface area contributed by atoms with E-state index in [1.807, 2.05) is 30.0 Å². The van der Waals surface area contributed by atoms with Gasteiger partial charge >= 0.3 is 6.01 Å². The van der Waals surface area contributed by atoms with Crippen LogP contribution in [0, 0.1) is 11.6 Å². The smallest absolute Gasteiger partial charge is 0.326 e. The van der Waals surface area contributed by atoms with Crippen molar-refractivity contribution < 1.29 is 18.6 Å². The van der Waals surface area contributed by atoms with Crippen molar-refractivity contribution in [3.05, 3.63) is 59.1 Å². The van der Waals surface area contributed by atoms with Crippen molar-refractivity contribution in [1.29, 1.82) is 0 Å². The highest BCUT2D eigenvalue weighted by Crippen LogP contribution is 2.37. The molecule has 7 nitrogen and oxygen atoms in total. The van der Waals surface area contributed by atoms with Crippen LogP contribution in [0.3, 0.4) is 0 Å². The van der Waals surface area contributed by atoms with E-state index in [1.165, 1.54) is 0 Å². The molecule has 0 aliphatic heterocycles. The minimum Gasteiger partial charge on any atom is -0.421 e. The van der Waals surface area contributed by atoms with E-state index in [1.54, 1.807) is 6.07 Å². The number of aliphatic hydroxyl groups is 1. The molecule has 0 aliphatic carbocycles. The zero-order valence-corrected chi connectivity index (χ0v) is 17.2. The van der Waals surface area contributed by atoms with Crippen molar-refractivity contribution in [2.24, 2.45) is 0 Å². The summed E-state index contributed by atoms with van der Waals surface area (Å²) in [6.07, 6.45) is 0. The summed E-state index contributed by atoms with van der Waals surface area (Å²) in [6.45, 7) is 2.60. The molecule has 2 heterocycles. The Kier molecular flexibility index (Phi) is 5.97. The Hall–Kier alpha value is -3.30. The molecule has 0 saturated carbocycles. The van der Waals surface area contributed by atoms with Crippen LogP contribution in [0.1, 0.15) is 6.92 Å². The third-order valence-electron chi connectivity index (χ3n) is 4.66. The summed E-state index contributed by atoms with van der Waals surface area (Å²) >= 11 is 6.37. The maximum atomic E-state index is 14.1. The summed E-state index contributed by atoms with van der Waals surface area (Å²) in [5, 5.41) is 17.8. The Morgan fingerprint density at radius 3 is 2.68 bits per heavy atom. The van der Waals surface area contributed by atoms with Gasteiger partial charge in [0.15, 0.2) is 17.2 Å². The van der Waals surface area contributed by atoms with Crippen LogP contribution in [-0.4, -0.2) is 45.0 Å². The van der Waals surface area contributed by atoms with Crippen LogP contribution in [-0.2, 0) is 0 Å². The topological polar surface area (TPSA) is 87.2 Å². The summed E-state index contributed by atoms with van der Waals surface area (Å²) in [5.41, 5.74) is 1.58. The Morgan fingerprint density at radius 2 is 1.97 bits per heavy atom. The Labute approximate surface area is 181 Å². The first-order chi connectivity index (χ1) is 15.0. The molecule has 4 rings (SSSR count). The van der Waals surface area contributed by atoms with Crippen molar-refractivity contribution in [1.82, 2.24) is 20.2 Å². The number of likely N-dealkylation sites (N-methyl/N-ethyl adjacent to an activating group) is 1. The molecular formula is C21H18ClF2N5O2. The van der Waals surface area contributed by atoms with E-state index in [9.17, 15) is 13.9 Å². The maximum absolute atomic E-state index is 14.1. The lowest BCUT2D eigenvalue weighted by molar-refractivity contribution is 0.302. The molecule has 0 aliphatic rings. The molecule has 0 spiro atoms. The molecule has 0 saturated heterocycles. The van der Waals surface area contributed by atoms with Gasteiger partial charge in [-0.3, -0.25) is 5.10 Å². The van der Waals surface area contributed by atoms with Crippen molar-refractivity contribution in [3.63, 3.8) is 0 Å². The van der Waals surface area contributed by atoms with Gasteiger partial charge in [0.25, 0.3) is 0 Å². The monoisotopic (exact) mass is 445 g/mol. The molecule has 0 unspecified atom stereocenters. The van der Waals surface area contributed by atoms with Gasteiger partial charge in [-0.25, -0.2) is 8.78 Å². The highest BCUT2D eigenvalue weighted by Gasteiger charge is 2.22. The highest BCUT2D eigenvalue weighted by atomic mass is 35.5. The lowest BCUT2D eigenvalue weighted by Crippen LogP contribution is -2.27. The second kappa shape index (κ2) is 8.83. The molecule has 2 aromatic heterocycles. The number of nitrogens with zero attached hydrogens (tertiary/aromatic N) is 4. The predicted octanol–water partition coefficient (Wildman–Crippen LogP) is 4.56. The normalized spacial score (nSPS) is 11.1. The van der Waals surface area contributed by atoms with E-state index >= 15 is 0 Å². The number of rotatable bonds is 7. The fourth-order valence-electron chi connectivity index (χ4n) is 3.21. The number of halogens is 3. The molecular weight excluding hydrogens is 428 g/mol. The lowest BCUT2D eigenvalue weighted by Gasteiger charge is -2.22. The van der Waals surface area contributed by atoms with Gasteiger partial charge in [0, 0.05) is 29.7 Å². The van der Waals surface area contributed by atoms with Crippen molar-refractivity contribution >= 4 is 28.5 Å². The van der Waals surface area contributed by atoms with Gasteiger partial charge in [-0.2, -0.15) is 15.1 Å². The average Bonchev–Trinajstić information content (AvgIpc) is 3.18. The number of H-pyrrole nitrogens is 1. The number of hydrogen-bond acceptors (Lipinski definition) is 6. The van der Waals surface area contributed by atoms with Crippen molar-refractivity contribution in [3.8, 4) is 23.0 Å². The molecule has 0 fully saturated rings. The Balaban J connectivity index is 1.88. The van der Waals surface area contributed by atoms with Crippen LogP contribution < -0.4 is 9.64 Å². The van der Waals surface area contributed by atoms with Crippen molar-refractivity contribution in [2.75, 3.05) is 24.6 Å². The number of anilines is 1. The summed E-state index contributed by atoms with van der Waals surface area (Å²) < 4.78 is 32.8. The minimum absolute atomic E-state index is 0.110. The van der Waals surface area contributed by atoms with Gasteiger partial charge in [-0.05, 0) is 25.1 Å². The summed E-state index contributed by atoms with van der Waals surface area (Å²) in [6, 6.07) is 10.0. The summed E-state index contributed by atoms with van der Waals surface area (Å²) in [5.74, 6) is -1.40. The first kappa shape index (κ1) is 21.0. The minimum atomic E-state index is -0.883. The van der Waals surface area contributed by atoms with Gasteiger partial charge in [-0.15, -0.1) is 0 Å². The number of ether oxygens (including phenoxy) is 1. The first-order valence-electron chi connectivity index (χ1n) is 9.51. The van der Waals surface area contributed by atoms with E-state index in [4.69, 9.17) is 16.3 Å².